The van der Waals surface area contributed by atoms with E-state index >= 15 is 0 Å². The standard InChI is InChI=1S/C13H19BrN2O4S/c1-13(2,3)16(12(17)18)9-8-15-21(19,20)11-6-4-10(14)5-7-11/h4-7,15H,8-9H2,1-3H3,(H,17,18). The van der Waals surface area contributed by atoms with Crippen LogP contribution < -0.4 is 4.72 Å². The zero-order valence-electron chi connectivity index (χ0n) is 12.1. The normalized spacial score (nSPS) is 12.2. The number of nitrogens with one attached hydrogen (secondary N) is 1. The van der Waals surface area contributed by atoms with Crippen molar-refractivity contribution >= 4 is 32.0 Å². The van der Waals surface area contributed by atoms with E-state index in [1.54, 1.807) is 32.9 Å². The predicted octanol–water partition coefficient (Wildman–Crippen LogP) is 2.51. The largest absolute Gasteiger partial charge is 0.465 e. The molecule has 0 saturated heterocycles. The number of hydrogen-bond donors (Lipinski definition) is 2. The van der Waals surface area contributed by atoms with E-state index < -0.39 is 21.7 Å². The minimum absolute atomic E-state index is 0.0158. The smallest absolute Gasteiger partial charge is 0.407 e. The molecular weight excluding hydrogens is 360 g/mol. The summed E-state index contributed by atoms with van der Waals surface area (Å²) in [7, 11) is -3.63. The molecule has 0 unspecified atom stereocenters. The van der Waals surface area contributed by atoms with E-state index in [-0.39, 0.29) is 18.0 Å². The van der Waals surface area contributed by atoms with Crippen molar-refractivity contribution in [1.82, 2.24) is 9.62 Å². The van der Waals surface area contributed by atoms with Gasteiger partial charge in [0.25, 0.3) is 0 Å². The lowest BCUT2D eigenvalue weighted by Crippen LogP contribution is -2.48. The molecule has 0 spiro atoms. The third kappa shape index (κ3) is 5.29. The molecule has 0 fully saturated rings. The zero-order chi connectivity index (χ0) is 16.3. The lowest BCUT2D eigenvalue weighted by Gasteiger charge is -2.33. The average molecular weight is 379 g/mol. The second kappa shape index (κ2) is 6.76. The number of carboxylic acid groups (broad SMARTS) is 1. The lowest BCUT2D eigenvalue weighted by atomic mass is 10.1. The summed E-state index contributed by atoms with van der Waals surface area (Å²) < 4.78 is 27.3. The number of benzene rings is 1. The third-order valence-corrected chi connectivity index (χ3v) is 4.80. The van der Waals surface area contributed by atoms with Gasteiger partial charge in [0.1, 0.15) is 0 Å². The van der Waals surface area contributed by atoms with Gasteiger partial charge in [-0.15, -0.1) is 0 Å². The highest BCUT2D eigenvalue weighted by atomic mass is 79.9. The van der Waals surface area contributed by atoms with Gasteiger partial charge in [0.2, 0.25) is 10.0 Å². The summed E-state index contributed by atoms with van der Waals surface area (Å²) in [5.74, 6) is 0. The second-order valence-electron chi connectivity index (χ2n) is 5.46. The molecule has 0 aliphatic heterocycles. The maximum atomic E-state index is 12.1. The summed E-state index contributed by atoms with van der Waals surface area (Å²) in [6.07, 6.45) is -1.08. The Labute approximate surface area is 133 Å². The Bertz CT molecular complexity index is 594. The van der Waals surface area contributed by atoms with Crippen molar-refractivity contribution in [3.8, 4) is 0 Å². The fourth-order valence-electron chi connectivity index (χ4n) is 1.71. The Hall–Kier alpha value is -1.12. The van der Waals surface area contributed by atoms with Crippen molar-refractivity contribution in [2.75, 3.05) is 13.1 Å². The summed E-state index contributed by atoms with van der Waals surface area (Å²) in [6, 6.07) is 6.22. The van der Waals surface area contributed by atoms with Gasteiger partial charge in [0.05, 0.1) is 4.90 Å². The molecule has 2 N–H and O–H groups in total. The first-order valence-electron chi connectivity index (χ1n) is 6.30. The summed E-state index contributed by atoms with van der Waals surface area (Å²) in [5.41, 5.74) is -0.588. The molecule has 0 aliphatic carbocycles. The van der Waals surface area contributed by atoms with Gasteiger partial charge in [-0.25, -0.2) is 17.9 Å². The Morgan fingerprint density at radius 1 is 1.29 bits per heavy atom. The number of hydrogen-bond acceptors (Lipinski definition) is 3. The summed E-state index contributed by atoms with van der Waals surface area (Å²) >= 11 is 3.23. The number of halogens is 1. The third-order valence-electron chi connectivity index (χ3n) is 2.79. The molecule has 0 heterocycles. The Balaban J connectivity index is 2.70. The molecule has 1 amide bonds. The van der Waals surface area contributed by atoms with Gasteiger partial charge < -0.3 is 10.0 Å². The van der Waals surface area contributed by atoms with E-state index in [0.29, 0.717) is 0 Å². The number of sulfonamides is 1. The topological polar surface area (TPSA) is 86.7 Å². The summed E-state index contributed by atoms with van der Waals surface area (Å²) in [6.45, 7) is 5.36. The summed E-state index contributed by atoms with van der Waals surface area (Å²) in [5, 5.41) is 9.13. The number of carbonyl (C=O) groups is 1. The zero-order valence-corrected chi connectivity index (χ0v) is 14.5. The minimum Gasteiger partial charge on any atom is -0.465 e. The molecule has 0 atom stereocenters. The highest BCUT2D eigenvalue weighted by Gasteiger charge is 2.26. The van der Waals surface area contributed by atoms with E-state index in [9.17, 15) is 13.2 Å². The molecule has 0 saturated carbocycles. The van der Waals surface area contributed by atoms with Crippen LogP contribution in [0.2, 0.25) is 0 Å². The van der Waals surface area contributed by atoms with Crippen LogP contribution in [0, 0.1) is 0 Å². The minimum atomic E-state index is -3.63. The molecular formula is C13H19BrN2O4S. The molecule has 118 valence electrons. The molecule has 0 aliphatic rings. The molecule has 1 aromatic carbocycles. The molecule has 0 aromatic heterocycles. The van der Waals surface area contributed by atoms with E-state index in [1.165, 1.54) is 17.0 Å². The molecule has 8 heteroatoms. The van der Waals surface area contributed by atoms with Gasteiger partial charge in [0.15, 0.2) is 0 Å². The van der Waals surface area contributed by atoms with Crippen LogP contribution in [0.15, 0.2) is 33.6 Å². The van der Waals surface area contributed by atoms with Crippen LogP contribution in [-0.4, -0.2) is 43.1 Å². The Kier molecular flexibility index (Phi) is 5.77. The predicted molar refractivity (Wildman–Crippen MR) is 83.8 cm³/mol. The fourth-order valence-corrected chi connectivity index (χ4v) is 2.99. The SMILES string of the molecule is CC(C)(C)N(CCNS(=O)(=O)c1ccc(Br)cc1)C(=O)O. The van der Waals surface area contributed by atoms with Crippen molar-refractivity contribution in [3.05, 3.63) is 28.7 Å². The molecule has 0 radical (unpaired) electrons. The van der Waals surface area contributed by atoms with Crippen molar-refractivity contribution in [1.29, 1.82) is 0 Å². The first kappa shape index (κ1) is 17.9. The van der Waals surface area contributed by atoms with Crippen molar-refractivity contribution in [2.45, 2.75) is 31.2 Å². The van der Waals surface area contributed by atoms with Gasteiger partial charge in [-0.3, -0.25) is 0 Å². The number of nitrogens with zero attached hydrogens (tertiary/aromatic N) is 1. The van der Waals surface area contributed by atoms with E-state index in [4.69, 9.17) is 5.11 Å². The van der Waals surface area contributed by atoms with Crippen LogP contribution in [0.25, 0.3) is 0 Å². The van der Waals surface area contributed by atoms with Crippen molar-refractivity contribution in [2.24, 2.45) is 0 Å². The maximum Gasteiger partial charge on any atom is 0.407 e. The molecule has 1 rings (SSSR count). The van der Waals surface area contributed by atoms with E-state index in [2.05, 4.69) is 20.7 Å². The molecule has 1 aromatic rings. The van der Waals surface area contributed by atoms with Crippen molar-refractivity contribution < 1.29 is 18.3 Å². The molecule has 0 bridgehead atoms. The van der Waals surface area contributed by atoms with E-state index in [1.807, 2.05) is 0 Å². The fraction of sp³-hybridized carbons (Fsp3) is 0.462. The van der Waals surface area contributed by atoms with Crippen LogP contribution in [0.5, 0.6) is 0 Å². The number of amides is 1. The molecule has 21 heavy (non-hydrogen) atoms. The molecule has 6 nitrogen and oxygen atoms in total. The Morgan fingerprint density at radius 3 is 2.24 bits per heavy atom. The first-order valence-corrected chi connectivity index (χ1v) is 8.57. The van der Waals surface area contributed by atoms with Crippen LogP contribution >= 0.6 is 15.9 Å². The van der Waals surface area contributed by atoms with Gasteiger partial charge in [0, 0.05) is 23.1 Å². The monoisotopic (exact) mass is 378 g/mol. The number of rotatable bonds is 5. The van der Waals surface area contributed by atoms with Gasteiger partial charge in [-0.05, 0) is 45.0 Å². The average Bonchev–Trinajstić information content (AvgIpc) is 2.33. The van der Waals surface area contributed by atoms with Crippen LogP contribution in [0.4, 0.5) is 4.79 Å². The van der Waals surface area contributed by atoms with Crippen molar-refractivity contribution in [3.63, 3.8) is 0 Å². The first-order chi connectivity index (χ1) is 9.54. The highest BCUT2D eigenvalue weighted by molar-refractivity contribution is 9.10. The highest BCUT2D eigenvalue weighted by Crippen LogP contribution is 2.15. The van der Waals surface area contributed by atoms with Crippen LogP contribution in [0.3, 0.4) is 0 Å². The van der Waals surface area contributed by atoms with Gasteiger partial charge in [-0.2, -0.15) is 0 Å². The van der Waals surface area contributed by atoms with Gasteiger partial charge in [-0.1, -0.05) is 15.9 Å². The van der Waals surface area contributed by atoms with Gasteiger partial charge >= 0.3 is 6.09 Å². The second-order valence-corrected chi connectivity index (χ2v) is 8.14. The maximum absolute atomic E-state index is 12.1. The lowest BCUT2D eigenvalue weighted by molar-refractivity contribution is 0.102. The van der Waals surface area contributed by atoms with E-state index in [0.717, 1.165) is 4.47 Å². The summed E-state index contributed by atoms with van der Waals surface area (Å²) in [4.78, 5) is 12.5. The van der Waals surface area contributed by atoms with Crippen LogP contribution in [0.1, 0.15) is 20.8 Å². The Morgan fingerprint density at radius 2 is 1.81 bits per heavy atom. The quantitative estimate of drug-likeness (QED) is 0.823. The van der Waals surface area contributed by atoms with Crippen LogP contribution in [-0.2, 0) is 10.0 Å².